The molecule has 0 saturated carbocycles. The van der Waals surface area contributed by atoms with Crippen LogP contribution in [-0.2, 0) is 109 Å². The molecule has 58 heteroatoms. The summed E-state index contributed by atoms with van der Waals surface area (Å²) in [6.07, 6.45) is -117. The van der Waals surface area contributed by atoms with Crippen molar-refractivity contribution in [2.75, 3.05) is 72.7 Å². The van der Waals surface area contributed by atoms with Crippen molar-refractivity contribution in [2.24, 2.45) is 0 Å². The van der Waals surface area contributed by atoms with Gasteiger partial charge < -0.3 is 279 Å². The van der Waals surface area contributed by atoms with Gasteiger partial charge in [0.05, 0.1) is 72.7 Å². The van der Waals surface area contributed by atoms with Crippen molar-refractivity contribution in [1.82, 2.24) is 10.6 Å². The molecule has 35 N–H and O–H groups in total. The maximum Gasteiger partial charge on any atom is 0.217 e. The Labute approximate surface area is 722 Å². The number of aliphatic hydroxyl groups is 33. The lowest BCUT2D eigenvalue weighted by molar-refractivity contribution is -0.414. The second-order valence-corrected chi connectivity index (χ2v) is 32.3. The van der Waals surface area contributed by atoms with Gasteiger partial charge in [0.2, 0.25) is 11.8 Å². The molecule has 1 unspecified atom stereocenters. The number of carbonyl (C=O) groups excluding carboxylic acids is 2. The van der Waals surface area contributed by atoms with Crippen molar-refractivity contribution in [3.8, 4) is 0 Å². The number of hydrogen-bond donors (Lipinski definition) is 35. The Morgan fingerprint density at radius 1 is 0.203 bits per heavy atom. The molecule has 11 rings (SSSR count). The fourth-order valence-electron chi connectivity index (χ4n) is 16.5. The van der Waals surface area contributed by atoms with Crippen LogP contribution < -0.4 is 10.6 Å². The Morgan fingerprint density at radius 3 is 0.781 bits per heavy atom. The van der Waals surface area contributed by atoms with E-state index in [0.29, 0.717) is 0 Å². The van der Waals surface area contributed by atoms with E-state index < -0.39 is 422 Å². The van der Waals surface area contributed by atoms with Gasteiger partial charge in [-0.05, 0) is 0 Å². The van der Waals surface area contributed by atoms with Crippen LogP contribution in [0.2, 0.25) is 0 Å². The van der Waals surface area contributed by atoms with Gasteiger partial charge in [-0.15, -0.1) is 0 Å². The second kappa shape index (κ2) is 45.8. The first-order valence-electron chi connectivity index (χ1n) is 40.7. The third-order valence-electron chi connectivity index (χ3n) is 23.8. The highest BCUT2D eigenvalue weighted by molar-refractivity contribution is 5.73. The lowest BCUT2D eigenvalue weighted by atomic mass is 9.94. The van der Waals surface area contributed by atoms with Crippen LogP contribution in [0, 0.1) is 0 Å². The van der Waals surface area contributed by atoms with Crippen molar-refractivity contribution in [3.63, 3.8) is 0 Å². The van der Waals surface area contributed by atoms with Gasteiger partial charge in [-0.3, -0.25) is 9.59 Å². The average molecular weight is 1880 g/mol. The summed E-state index contributed by atoms with van der Waals surface area (Å²) < 4.78 is 123. The Bertz CT molecular complexity index is 3380. The molecule has 58 nitrogen and oxygen atoms in total. The SMILES string of the molecule is CC(=O)N[C@H]1[C@H](O[C@H]2[C@H](O)[C@@H](NC(C)=O)C(O)O[C@@H]2CO)O[C@H](CO)[C@@H](O[C@@H]2O[C@H](CO[C@H]3O[C@H](CO)[C@@H](O)[C@H](O)[C@@H]3O)[C@@H](O)[C@H](O[C@H]3O[C@H](CO[C@H]4O[C@H](CO)[C@@H](O)[C@H](O)[C@@H]4O)[C@@H](O)[C@H](O)[C@@H]3O[C@H]3O[C@H](CO)[C@@H](O)[C@H](O)[C@@H]3O[C@H]3O[C@H](CO)[C@@H](O)[C@H](O[C@H]4O[C@H](CO)[C@@H](O)[C@H](O[C@H]5O[C@H](CO)[C@@H](O)[C@H](O)[C@H]5O[C@H]5O[C@H](CO)[C@@H](O)[C@H](O)[C@H]5O)[C@H]4O)[C@@H]3O)[C@@H]2O)[C@@H]1O. The first-order chi connectivity index (χ1) is 60.7. The van der Waals surface area contributed by atoms with Gasteiger partial charge >= 0.3 is 0 Å². The van der Waals surface area contributed by atoms with Crippen LogP contribution in [0.5, 0.6) is 0 Å². The third-order valence-corrected chi connectivity index (χ3v) is 23.8. The fourth-order valence-corrected chi connectivity index (χ4v) is 16.5. The molecule has 0 aromatic heterocycles. The quantitative estimate of drug-likeness (QED) is 0.0290. The predicted molar refractivity (Wildman–Crippen MR) is 386 cm³/mol. The zero-order valence-electron chi connectivity index (χ0n) is 67.7. The fraction of sp³-hybridized carbons (Fsp3) is 0.971. The van der Waals surface area contributed by atoms with Gasteiger partial charge in [0.1, 0.15) is 268 Å². The van der Waals surface area contributed by atoms with Gasteiger partial charge in [-0.1, -0.05) is 0 Å². The van der Waals surface area contributed by atoms with E-state index in [9.17, 15) is 178 Å². The summed E-state index contributed by atoms with van der Waals surface area (Å²) in [4.78, 5) is 25.2. The van der Waals surface area contributed by atoms with Crippen molar-refractivity contribution in [1.29, 1.82) is 0 Å². The van der Waals surface area contributed by atoms with Crippen LogP contribution >= 0.6 is 0 Å². The number of rotatable bonds is 33. The molecule has 2 amide bonds. The number of ether oxygens (including phenoxy) is 21. The first kappa shape index (κ1) is 105. The zero-order chi connectivity index (χ0) is 94.0. The van der Waals surface area contributed by atoms with Crippen LogP contribution in [0.3, 0.4) is 0 Å². The van der Waals surface area contributed by atoms with Crippen molar-refractivity contribution >= 4 is 11.8 Å². The maximum atomic E-state index is 13.0. The number of carbonyl (C=O) groups is 2. The summed E-state index contributed by atoms with van der Waals surface area (Å²) in [5.41, 5.74) is 0. The van der Waals surface area contributed by atoms with E-state index in [4.69, 9.17) is 99.5 Å². The minimum atomic E-state index is -2.66. The highest BCUT2D eigenvalue weighted by Crippen LogP contribution is 2.42. The molecule has 11 aliphatic heterocycles. The van der Waals surface area contributed by atoms with E-state index in [1.807, 2.05) is 0 Å². The highest BCUT2D eigenvalue weighted by Gasteiger charge is 2.63. The molecule has 11 fully saturated rings. The standard InChI is InChI=1S/C70H118N2O56/c1-14(82)71-27-38(93)52(23(10-80)110-60(27)107)121-61-28(72-15(2)83)39(94)53(24(11-81)118-61)122-67-51(106)56(37(92)26(119-67)13-109-63-47(102)41(96)30(85)17(4-74)112-63)125-70-59(45(100)34(89)25(120-70)12-108-62-46(101)40(95)29(84)16(3-73)111-62)128-69-58(44(99)33(88)20(7-77)117-69)127-66-49(104)54(35(90)21(8-78)115-66)123-65-50(105)55(36(91)22(9-79)114-65)124-68-57(43(98)32(87)19(6-76)116-68)126-64-48(103)42(97)31(86)18(5-75)113-64/h16-70,73-81,84-107H,3-13H2,1-2H3,(H,71,82)(H,72,83)/t16-,17-,18-,19-,20-,21-,22-,23-,24-,25-,26-,27-,28-,29-,30-,31-,32-,33-,34-,35-,36-,37-,38-,39-,40+,41+,42+,43+,44+,45+,46+,47+,48-,49+,50-,51+,52-,53-,54+,55+,56+,57-,58+,59+,60?,61+,62+,63+,64-,65-,66-,67+,68-,69-,70-/m1/s1. The Morgan fingerprint density at radius 2 is 0.422 bits per heavy atom. The topological polar surface area (TPSA) is 920 Å². The summed E-state index contributed by atoms with van der Waals surface area (Å²) in [5.74, 6) is -1.77. The Hall–Kier alpha value is -3.22. The van der Waals surface area contributed by atoms with E-state index in [1.165, 1.54) is 0 Å². The summed E-state index contributed by atoms with van der Waals surface area (Å²) in [6.45, 7) is -10.5. The average Bonchev–Trinajstić information content (AvgIpc) is 0.762. The predicted octanol–water partition coefficient (Wildman–Crippen LogP) is -24.7. The molecule has 11 heterocycles. The van der Waals surface area contributed by atoms with E-state index in [-0.39, 0.29) is 0 Å². The molecule has 55 atom stereocenters. The molecular weight excluding hydrogens is 1760 g/mol. The molecule has 0 aromatic rings. The van der Waals surface area contributed by atoms with Crippen LogP contribution in [0.15, 0.2) is 0 Å². The van der Waals surface area contributed by atoms with Crippen molar-refractivity contribution in [3.05, 3.63) is 0 Å². The second-order valence-electron chi connectivity index (χ2n) is 32.3. The van der Waals surface area contributed by atoms with Crippen LogP contribution in [-0.4, -0.2) is 591 Å². The zero-order valence-corrected chi connectivity index (χ0v) is 67.7. The normalized spacial score (nSPS) is 51.7. The molecule has 11 aliphatic rings. The molecule has 0 spiro atoms. The lowest BCUT2D eigenvalue weighted by Crippen LogP contribution is -2.70. The minimum Gasteiger partial charge on any atom is -0.394 e. The van der Waals surface area contributed by atoms with Crippen molar-refractivity contribution in [2.45, 2.75) is 351 Å². The van der Waals surface area contributed by atoms with Crippen LogP contribution in [0.25, 0.3) is 0 Å². The molecule has 744 valence electrons. The third kappa shape index (κ3) is 22.5. The monoisotopic (exact) mass is 1880 g/mol. The Kier molecular flexibility index (Phi) is 37.7. The summed E-state index contributed by atoms with van der Waals surface area (Å²) in [6, 6.07) is -3.63. The molecular formula is C70H118N2O56. The molecule has 128 heavy (non-hydrogen) atoms. The Balaban J connectivity index is 0.906. The van der Waals surface area contributed by atoms with Crippen molar-refractivity contribution < 1.29 is 278 Å². The van der Waals surface area contributed by atoms with Crippen LogP contribution in [0.1, 0.15) is 13.8 Å². The lowest BCUT2D eigenvalue weighted by Gasteiger charge is -2.51. The largest absolute Gasteiger partial charge is 0.394 e. The molecule has 0 bridgehead atoms. The van der Waals surface area contributed by atoms with Crippen LogP contribution in [0.4, 0.5) is 0 Å². The molecule has 0 aliphatic carbocycles. The molecule has 0 aromatic carbocycles. The van der Waals surface area contributed by atoms with Gasteiger partial charge in [-0.2, -0.15) is 0 Å². The van der Waals surface area contributed by atoms with Gasteiger partial charge in [0, 0.05) is 13.8 Å². The number of aliphatic hydroxyl groups excluding tert-OH is 33. The van der Waals surface area contributed by atoms with Gasteiger partial charge in [0.25, 0.3) is 0 Å². The minimum absolute atomic E-state index is 0.806. The van der Waals surface area contributed by atoms with Gasteiger partial charge in [0.15, 0.2) is 69.2 Å². The van der Waals surface area contributed by atoms with E-state index >= 15 is 0 Å². The number of hydrogen-bond acceptors (Lipinski definition) is 56. The van der Waals surface area contributed by atoms with E-state index in [1.54, 1.807) is 0 Å². The number of amides is 2. The van der Waals surface area contributed by atoms with E-state index in [0.717, 1.165) is 13.8 Å². The van der Waals surface area contributed by atoms with E-state index in [2.05, 4.69) is 10.6 Å². The highest BCUT2D eigenvalue weighted by atomic mass is 16.8. The van der Waals surface area contributed by atoms with Gasteiger partial charge in [-0.25, -0.2) is 0 Å². The summed E-state index contributed by atoms with van der Waals surface area (Å²) in [7, 11) is 0. The number of nitrogens with one attached hydrogen (secondary N) is 2. The summed E-state index contributed by atoms with van der Waals surface area (Å²) in [5, 5.41) is 372. The smallest absolute Gasteiger partial charge is 0.217 e. The molecule has 0 radical (unpaired) electrons. The molecule has 11 saturated heterocycles. The first-order valence-corrected chi connectivity index (χ1v) is 40.7. The maximum absolute atomic E-state index is 13.0. The summed E-state index contributed by atoms with van der Waals surface area (Å²) >= 11 is 0.